The van der Waals surface area contributed by atoms with Gasteiger partial charge in [0.15, 0.2) is 0 Å². The minimum atomic E-state index is -3.74. The SMILES string of the molecule is CNc1cccc(NC(=O)c2ccc(S(=O)(=O)Nc3ccc(C)c(C)c3)cc2)c1. The van der Waals surface area contributed by atoms with Crippen LogP contribution in [0.3, 0.4) is 0 Å². The molecule has 0 fully saturated rings. The highest BCUT2D eigenvalue weighted by Gasteiger charge is 2.16. The van der Waals surface area contributed by atoms with Crippen molar-refractivity contribution in [1.82, 2.24) is 0 Å². The average Bonchev–Trinajstić information content (AvgIpc) is 2.71. The molecule has 0 saturated heterocycles. The van der Waals surface area contributed by atoms with E-state index in [9.17, 15) is 13.2 Å². The molecular formula is C22H23N3O3S. The second-order valence-electron chi connectivity index (χ2n) is 6.71. The molecule has 3 aromatic carbocycles. The molecule has 0 aliphatic carbocycles. The molecule has 6 nitrogen and oxygen atoms in total. The van der Waals surface area contributed by atoms with Gasteiger partial charge in [-0.3, -0.25) is 9.52 Å². The van der Waals surface area contributed by atoms with Crippen molar-refractivity contribution >= 4 is 33.0 Å². The molecule has 0 spiro atoms. The first-order valence-electron chi connectivity index (χ1n) is 9.08. The molecule has 1 amide bonds. The van der Waals surface area contributed by atoms with Gasteiger partial charge in [-0.05, 0) is 79.6 Å². The number of anilines is 3. The van der Waals surface area contributed by atoms with Crippen LogP contribution in [0.4, 0.5) is 17.1 Å². The Morgan fingerprint density at radius 3 is 2.14 bits per heavy atom. The number of hydrogen-bond donors (Lipinski definition) is 3. The van der Waals surface area contributed by atoms with Crippen molar-refractivity contribution in [2.45, 2.75) is 18.7 Å². The quantitative estimate of drug-likeness (QED) is 0.563. The fourth-order valence-electron chi connectivity index (χ4n) is 2.76. The summed E-state index contributed by atoms with van der Waals surface area (Å²) in [6, 6.07) is 18.5. The fourth-order valence-corrected chi connectivity index (χ4v) is 3.81. The van der Waals surface area contributed by atoms with E-state index in [1.165, 1.54) is 24.3 Å². The van der Waals surface area contributed by atoms with E-state index in [2.05, 4.69) is 15.4 Å². The van der Waals surface area contributed by atoms with Crippen LogP contribution in [0, 0.1) is 13.8 Å². The monoisotopic (exact) mass is 409 g/mol. The third-order valence-electron chi connectivity index (χ3n) is 4.60. The molecule has 150 valence electrons. The summed E-state index contributed by atoms with van der Waals surface area (Å²) in [6.45, 7) is 3.89. The number of nitrogens with one attached hydrogen (secondary N) is 3. The molecule has 3 aromatic rings. The van der Waals surface area contributed by atoms with Gasteiger partial charge in [0.2, 0.25) is 0 Å². The van der Waals surface area contributed by atoms with E-state index in [0.29, 0.717) is 16.9 Å². The smallest absolute Gasteiger partial charge is 0.261 e. The predicted molar refractivity (Wildman–Crippen MR) is 117 cm³/mol. The Morgan fingerprint density at radius 2 is 1.48 bits per heavy atom. The van der Waals surface area contributed by atoms with Crippen LogP contribution < -0.4 is 15.4 Å². The van der Waals surface area contributed by atoms with E-state index in [4.69, 9.17) is 0 Å². The van der Waals surface area contributed by atoms with E-state index in [0.717, 1.165) is 16.8 Å². The van der Waals surface area contributed by atoms with Crippen molar-refractivity contribution in [3.05, 3.63) is 83.4 Å². The number of aryl methyl sites for hydroxylation is 2. The lowest BCUT2D eigenvalue weighted by molar-refractivity contribution is 0.102. The van der Waals surface area contributed by atoms with Crippen molar-refractivity contribution in [3.63, 3.8) is 0 Å². The summed E-state index contributed by atoms with van der Waals surface area (Å²) < 4.78 is 27.8. The van der Waals surface area contributed by atoms with Crippen molar-refractivity contribution in [3.8, 4) is 0 Å². The molecule has 29 heavy (non-hydrogen) atoms. The summed E-state index contributed by atoms with van der Waals surface area (Å²) in [5.41, 5.74) is 4.48. The summed E-state index contributed by atoms with van der Waals surface area (Å²) in [5, 5.41) is 5.80. The van der Waals surface area contributed by atoms with Crippen LogP contribution >= 0.6 is 0 Å². The van der Waals surface area contributed by atoms with E-state index < -0.39 is 10.0 Å². The molecule has 0 radical (unpaired) electrons. The second-order valence-corrected chi connectivity index (χ2v) is 8.40. The molecule has 0 saturated carbocycles. The Kier molecular flexibility index (Phi) is 5.89. The minimum absolute atomic E-state index is 0.0875. The number of amides is 1. The molecule has 0 aliphatic heterocycles. The number of sulfonamides is 1. The first kappa shape index (κ1) is 20.4. The highest BCUT2D eigenvalue weighted by Crippen LogP contribution is 2.20. The highest BCUT2D eigenvalue weighted by atomic mass is 32.2. The topological polar surface area (TPSA) is 87.3 Å². The third kappa shape index (κ3) is 4.94. The normalized spacial score (nSPS) is 11.0. The maximum Gasteiger partial charge on any atom is 0.261 e. The number of carbonyl (C=O) groups excluding carboxylic acids is 1. The maximum absolute atomic E-state index is 12.6. The zero-order valence-electron chi connectivity index (χ0n) is 16.5. The summed E-state index contributed by atoms with van der Waals surface area (Å²) in [7, 11) is -1.95. The van der Waals surface area contributed by atoms with E-state index in [1.807, 2.05) is 38.1 Å². The van der Waals surface area contributed by atoms with Crippen LogP contribution in [0.15, 0.2) is 71.6 Å². The molecule has 3 N–H and O–H groups in total. The van der Waals surface area contributed by atoms with Crippen LogP contribution in [0.25, 0.3) is 0 Å². The lowest BCUT2D eigenvalue weighted by Gasteiger charge is -2.11. The van der Waals surface area contributed by atoms with Gasteiger partial charge in [0.25, 0.3) is 15.9 Å². The molecule has 0 unspecified atom stereocenters. The van der Waals surface area contributed by atoms with Crippen LogP contribution in [0.5, 0.6) is 0 Å². The van der Waals surface area contributed by atoms with Gasteiger partial charge >= 0.3 is 0 Å². The van der Waals surface area contributed by atoms with Gasteiger partial charge in [-0.15, -0.1) is 0 Å². The molecular weight excluding hydrogens is 386 g/mol. The van der Waals surface area contributed by atoms with E-state index in [-0.39, 0.29) is 10.8 Å². The largest absolute Gasteiger partial charge is 0.388 e. The zero-order valence-corrected chi connectivity index (χ0v) is 17.3. The average molecular weight is 410 g/mol. The van der Waals surface area contributed by atoms with Gasteiger partial charge in [-0.1, -0.05) is 12.1 Å². The lowest BCUT2D eigenvalue weighted by atomic mass is 10.1. The Hall–Kier alpha value is -3.32. The number of carbonyl (C=O) groups is 1. The second kappa shape index (κ2) is 8.36. The Morgan fingerprint density at radius 1 is 0.793 bits per heavy atom. The zero-order chi connectivity index (χ0) is 21.0. The fraction of sp³-hybridized carbons (Fsp3) is 0.136. The highest BCUT2D eigenvalue weighted by molar-refractivity contribution is 7.92. The van der Waals surface area contributed by atoms with Crippen LogP contribution in [-0.4, -0.2) is 21.4 Å². The first-order chi connectivity index (χ1) is 13.8. The lowest BCUT2D eigenvalue weighted by Crippen LogP contribution is -2.15. The Balaban J connectivity index is 1.74. The molecule has 0 bridgehead atoms. The van der Waals surface area contributed by atoms with Crippen molar-refractivity contribution < 1.29 is 13.2 Å². The predicted octanol–water partition coefficient (Wildman–Crippen LogP) is 4.40. The van der Waals surface area contributed by atoms with Gasteiger partial charge in [0.05, 0.1) is 4.90 Å². The van der Waals surface area contributed by atoms with Gasteiger partial charge in [-0.2, -0.15) is 0 Å². The summed E-state index contributed by atoms with van der Waals surface area (Å²) in [4.78, 5) is 12.5. The van der Waals surface area contributed by atoms with Gasteiger partial charge in [-0.25, -0.2) is 8.42 Å². The van der Waals surface area contributed by atoms with Gasteiger partial charge in [0.1, 0.15) is 0 Å². The van der Waals surface area contributed by atoms with Crippen molar-refractivity contribution in [1.29, 1.82) is 0 Å². The molecule has 0 heterocycles. The van der Waals surface area contributed by atoms with Gasteiger partial charge in [0, 0.05) is 29.7 Å². The summed E-state index contributed by atoms with van der Waals surface area (Å²) in [5.74, 6) is -0.315. The first-order valence-corrected chi connectivity index (χ1v) is 10.6. The molecule has 7 heteroatoms. The van der Waals surface area contributed by atoms with E-state index in [1.54, 1.807) is 25.2 Å². The van der Waals surface area contributed by atoms with E-state index >= 15 is 0 Å². The van der Waals surface area contributed by atoms with Crippen molar-refractivity contribution in [2.75, 3.05) is 22.4 Å². The van der Waals surface area contributed by atoms with Crippen molar-refractivity contribution in [2.24, 2.45) is 0 Å². The minimum Gasteiger partial charge on any atom is -0.388 e. The number of rotatable bonds is 6. The summed E-state index contributed by atoms with van der Waals surface area (Å²) >= 11 is 0. The Labute approximate surface area is 171 Å². The van der Waals surface area contributed by atoms with Crippen LogP contribution in [-0.2, 0) is 10.0 Å². The molecule has 0 aliphatic rings. The maximum atomic E-state index is 12.6. The van der Waals surface area contributed by atoms with Crippen LogP contribution in [0.1, 0.15) is 21.5 Å². The molecule has 3 rings (SSSR count). The standard InChI is InChI=1S/C22H23N3O3S/c1-15-7-10-20(13-16(15)2)25-29(27,28)21-11-8-17(9-12-21)22(26)24-19-6-4-5-18(14-19)23-3/h4-14,23,25H,1-3H3,(H,24,26). The van der Waals surface area contributed by atoms with Crippen LogP contribution in [0.2, 0.25) is 0 Å². The number of hydrogen-bond acceptors (Lipinski definition) is 4. The Bertz CT molecular complexity index is 1140. The third-order valence-corrected chi connectivity index (χ3v) is 5.99. The molecule has 0 aromatic heterocycles. The summed E-state index contributed by atoms with van der Waals surface area (Å²) in [6.07, 6.45) is 0. The molecule has 0 atom stereocenters. The number of benzene rings is 3. The van der Waals surface area contributed by atoms with Gasteiger partial charge < -0.3 is 10.6 Å².